The van der Waals surface area contributed by atoms with E-state index in [0.29, 0.717) is 5.69 Å². The summed E-state index contributed by atoms with van der Waals surface area (Å²) in [5, 5.41) is 4.94. The summed E-state index contributed by atoms with van der Waals surface area (Å²) in [7, 11) is 0. The lowest BCUT2D eigenvalue weighted by molar-refractivity contribution is -0.146. The fourth-order valence-corrected chi connectivity index (χ4v) is 2.41. The number of hydrogen-bond acceptors (Lipinski definition) is 4. The lowest BCUT2D eigenvalue weighted by Gasteiger charge is -2.08. The van der Waals surface area contributed by atoms with E-state index in [1.54, 1.807) is 12.1 Å². The Morgan fingerprint density at radius 2 is 1.82 bits per heavy atom. The minimum atomic E-state index is -0.769. The molecular formula is C21H23FN2O4. The number of carbonyl (C=O) groups is 3. The molecule has 0 saturated carbocycles. The Balaban J connectivity index is 1.70. The monoisotopic (exact) mass is 386 g/mol. The van der Waals surface area contributed by atoms with Gasteiger partial charge in [0.2, 0.25) is 0 Å². The molecule has 2 aromatic rings. The Labute approximate surface area is 163 Å². The molecule has 0 unspecified atom stereocenters. The molecule has 0 spiro atoms. The van der Waals surface area contributed by atoms with Gasteiger partial charge in [0.15, 0.2) is 6.61 Å². The third-order valence-corrected chi connectivity index (χ3v) is 3.90. The van der Waals surface area contributed by atoms with Crippen molar-refractivity contribution in [1.29, 1.82) is 0 Å². The van der Waals surface area contributed by atoms with Crippen LogP contribution < -0.4 is 10.6 Å². The normalized spacial score (nSPS) is 10.2. The highest BCUT2D eigenvalue weighted by Crippen LogP contribution is 2.11. The average Bonchev–Trinajstić information content (AvgIpc) is 2.70. The minimum absolute atomic E-state index is 0.0907. The van der Waals surface area contributed by atoms with Gasteiger partial charge >= 0.3 is 5.97 Å². The molecule has 0 aliphatic carbocycles. The van der Waals surface area contributed by atoms with E-state index in [0.717, 1.165) is 25.3 Å². The van der Waals surface area contributed by atoms with Crippen LogP contribution in [0.5, 0.6) is 0 Å². The van der Waals surface area contributed by atoms with Gasteiger partial charge in [-0.25, -0.2) is 4.39 Å². The van der Waals surface area contributed by atoms with Gasteiger partial charge in [0.05, 0.1) is 0 Å². The Morgan fingerprint density at radius 1 is 1.07 bits per heavy atom. The maximum atomic E-state index is 13.1. The van der Waals surface area contributed by atoms with Gasteiger partial charge in [-0.3, -0.25) is 14.4 Å². The van der Waals surface area contributed by atoms with Crippen LogP contribution in [0.25, 0.3) is 0 Å². The van der Waals surface area contributed by atoms with E-state index in [2.05, 4.69) is 17.6 Å². The molecule has 0 fully saturated rings. The first-order chi connectivity index (χ1) is 13.5. The first kappa shape index (κ1) is 21.1. The van der Waals surface area contributed by atoms with Crippen LogP contribution in [0.3, 0.4) is 0 Å². The van der Waals surface area contributed by atoms with Crippen molar-refractivity contribution in [3.05, 3.63) is 65.5 Å². The molecule has 2 amide bonds. The lowest BCUT2D eigenvalue weighted by Crippen LogP contribution is -2.32. The van der Waals surface area contributed by atoms with Crippen LogP contribution in [0.4, 0.5) is 10.1 Å². The molecule has 28 heavy (non-hydrogen) atoms. The van der Waals surface area contributed by atoms with Crippen molar-refractivity contribution in [2.24, 2.45) is 0 Å². The molecule has 0 aliphatic heterocycles. The Bertz CT molecular complexity index is 821. The fraction of sp³-hybridized carbons (Fsp3) is 0.286. The first-order valence-electron chi connectivity index (χ1n) is 9.06. The third kappa shape index (κ3) is 7.19. The second kappa shape index (κ2) is 10.8. The molecule has 2 N–H and O–H groups in total. The molecule has 0 radical (unpaired) electrons. The number of rotatable bonds is 9. The maximum Gasteiger partial charge on any atom is 0.325 e. The van der Waals surface area contributed by atoms with E-state index >= 15 is 0 Å². The Kier molecular flexibility index (Phi) is 8.14. The molecule has 6 nitrogen and oxygen atoms in total. The molecule has 0 bridgehead atoms. The molecule has 0 aliphatic rings. The number of amides is 2. The second-order valence-corrected chi connectivity index (χ2v) is 6.20. The van der Waals surface area contributed by atoms with Gasteiger partial charge in [-0.15, -0.1) is 0 Å². The Morgan fingerprint density at radius 3 is 2.50 bits per heavy atom. The van der Waals surface area contributed by atoms with Crippen LogP contribution in [-0.4, -0.2) is 30.9 Å². The highest BCUT2D eigenvalue weighted by molar-refractivity contribution is 5.96. The summed E-state index contributed by atoms with van der Waals surface area (Å²) >= 11 is 0. The SMILES string of the molecule is CCCCc1ccc(NC(=O)COC(=O)CNC(=O)c2cccc(F)c2)cc1. The highest BCUT2D eigenvalue weighted by atomic mass is 19.1. The summed E-state index contributed by atoms with van der Waals surface area (Å²) < 4.78 is 17.9. The number of unbranched alkanes of at least 4 members (excludes halogenated alkanes) is 1. The summed E-state index contributed by atoms with van der Waals surface area (Å²) in [4.78, 5) is 35.3. The molecule has 2 rings (SSSR count). The lowest BCUT2D eigenvalue weighted by atomic mass is 10.1. The van der Waals surface area contributed by atoms with Gasteiger partial charge in [-0.05, 0) is 48.7 Å². The van der Waals surface area contributed by atoms with Crippen molar-refractivity contribution in [1.82, 2.24) is 5.32 Å². The van der Waals surface area contributed by atoms with Crippen LogP contribution in [0, 0.1) is 5.82 Å². The molecule has 0 atom stereocenters. The number of hydrogen-bond donors (Lipinski definition) is 2. The summed E-state index contributed by atoms with van der Waals surface area (Å²) in [5.74, 6) is -2.41. The number of aryl methyl sites for hydroxylation is 1. The van der Waals surface area contributed by atoms with Crippen LogP contribution in [-0.2, 0) is 20.7 Å². The van der Waals surface area contributed by atoms with Gasteiger partial charge in [0.25, 0.3) is 11.8 Å². The number of benzene rings is 2. The van der Waals surface area contributed by atoms with Crippen LogP contribution in [0.15, 0.2) is 48.5 Å². The van der Waals surface area contributed by atoms with Crippen LogP contribution >= 0.6 is 0 Å². The van der Waals surface area contributed by atoms with Crippen LogP contribution in [0.1, 0.15) is 35.7 Å². The molecule has 0 saturated heterocycles. The van der Waals surface area contributed by atoms with Crippen molar-refractivity contribution in [2.45, 2.75) is 26.2 Å². The smallest absolute Gasteiger partial charge is 0.325 e. The predicted molar refractivity (Wildman–Crippen MR) is 103 cm³/mol. The number of halogens is 1. The van der Waals surface area contributed by atoms with Gasteiger partial charge in [-0.2, -0.15) is 0 Å². The number of ether oxygens (including phenoxy) is 1. The van der Waals surface area contributed by atoms with Crippen molar-refractivity contribution < 1.29 is 23.5 Å². The number of esters is 1. The van der Waals surface area contributed by atoms with E-state index in [1.807, 2.05) is 12.1 Å². The molecule has 0 aromatic heterocycles. The molecule has 7 heteroatoms. The predicted octanol–water partition coefficient (Wildman–Crippen LogP) is 3.08. The molecule has 148 valence electrons. The van der Waals surface area contributed by atoms with E-state index in [4.69, 9.17) is 4.74 Å². The summed E-state index contributed by atoms with van der Waals surface area (Å²) in [5.41, 5.74) is 1.90. The maximum absolute atomic E-state index is 13.1. The van der Waals surface area contributed by atoms with Gasteiger partial charge in [-0.1, -0.05) is 31.5 Å². The largest absolute Gasteiger partial charge is 0.454 e. The topological polar surface area (TPSA) is 84.5 Å². The minimum Gasteiger partial charge on any atom is -0.454 e. The average molecular weight is 386 g/mol. The van der Waals surface area contributed by atoms with E-state index < -0.39 is 36.8 Å². The number of anilines is 1. The molecule has 2 aromatic carbocycles. The van der Waals surface area contributed by atoms with Gasteiger partial charge in [0.1, 0.15) is 12.4 Å². The third-order valence-electron chi connectivity index (χ3n) is 3.90. The number of nitrogens with one attached hydrogen (secondary N) is 2. The molecule has 0 heterocycles. The zero-order chi connectivity index (χ0) is 20.4. The summed E-state index contributed by atoms with van der Waals surface area (Å²) in [6.45, 7) is 1.24. The van der Waals surface area contributed by atoms with Gasteiger partial charge < -0.3 is 15.4 Å². The van der Waals surface area contributed by atoms with Crippen LogP contribution in [0.2, 0.25) is 0 Å². The highest BCUT2D eigenvalue weighted by Gasteiger charge is 2.11. The fourth-order valence-electron chi connectivity index (χ4n) is 2.41. The van der Waals surface area contributed by atoms with E-state index in [-0.39, 0.29) is 5.56 Å². The zero-order valence-corrected chi connectivity index (χ0v) is 15.7. The zero-order valence-electron chi connectivity index (χ0n) is 15.7. The quantitative estimate of drug-likeness (QED) is 0.649. The summed E-state index contributed by atoms with van der Waals surface area (Å²) in [6, 6.07) is 12.6. The Hall–Kier alpha value is -3.22. The van der Waals surface area contributed by atoms with E-state index in [1.165, 1.54) is 23.8 Å². The number of carbonyl (C=O) groups excluding carboxylic acids is 3. The second-order valence-electron chi connectivity index (χ2n) is 6.20. The molecular weight excluding hydrogens is 363 g/mol. The van der Waals surface area contributed by atoms with Crippen molar-refractivity contribution >= 4 is 23.5 Å². The standard InChI is InChI=1S/C21H23FN2O4/c1-2-3-5-15-8-10-18(11-9-15)24-19(25)14-28-20(26)13-23-21(27)16-6-4-7-17(22)12-16/h4,6-12H,2-3,5,13-14H2,1H3,(H,23,27)(H,24,25). The van der Waals surface area contributed by atoms with E-state index in [9.17, 15) is 18.8 Å². The van der Waals surface area contributed by atoms with Crippen molar-refractivity contribution in [2.75, 3.05) is 18.5 Å². The van der Waals surface area contributed by atoms with Crippen molar-refractivity contribution in [3.8, 4) is 0 Å². The van der Waals surface area contributed by atoms with Gasteiger partial charge in [0, 0.05) is 11.3 Å². The first-order valence-corrected chi connectivity index (χ1v) is 9.06. The van der Waals surface area contributed by atoms with Crippen molar-refractivity contribution in [3.63, 3.8) is 0 Å². The summed E-state index contributed by atoms with van der Waals surface area (Å²) in [6.07, 6.45) is 3.22.